The number of piperidine rings is 1. The quantitative estimate of drug-likeness (QED) is 0.727. The van der Waals surface area contributed by atoms with Gasteiger partial charge in [-0.25, -0.2) is 0 Å². The number of carbonyl (C=O) groups is 1. The SMILES string of the molecule is N#Cc1cccc(-c2noc(C3CCCCN3C(=O)C3CCCCCC3)n2)c1. The Bertz CT molecular complexity index is 861. The molecule has 1 aromatic carbocycles. The minimum Gasteiger partial charge on any atom is -0.337 e. The van der Waals surface area contributed by atoms with Crippen LogP contribution >= 0.6 is 0 Å². The van der Waals surface area contributed by atoms with Crippen LogP contribution in [-0.2, 0) is 4.79 Å². The summed E-state index contributed by atoms with van der Waals surface area (Å²) >= 11 is 0. The molecule has 1 saturated carbocycles. The molecule has 1 unspecified atom stereocenters. The van der Waals surface area contributed by atoms with Gasteiger partial charge in [0.25, 0.3) is 0 Å². The number of amides is 1. The van der Waals surface area contributed by atoms with Gasteiger partial charge in [0, 0.05) is 18.0 Å². The topological polar surface area (TPSA) is 83.0 Å². The molecule has 2 heterocycles. The minimum absolute atomic E-state index is 0.134. The lowest BCUT2D eigenvalue weighted by molar-refractivity contribution is -0.140. The Labute approximate surface area is 165 Å². The number of benzene rings is 1. The van der Waals surface area contributed by atoms with Crippen molar-refractivity contribution in [2.45, 2.75) is 63.8 Å². The number of rotatable bonds is 3. The molecule has 28 heavy (non-hydrogen) atoms. The fraction of sp³-hybridized carbons (Fsp3) is 0.545. The summed E-state index contributed by atoms with van der Waals surface area (Å²) < 4.78 is 5.59. The van der Waals surface area contributed by atoms with Gasteiger partial charge in [-0.1, -0.05) is 43.0 Å². The van der Waals surface area contributed by atoms with Crippen LogP contribution in [0.15, 0.2) is 28.8 Å². The molecule has 4 rings (SSSR count). The van der Waals surface area contributed by atoms with Crippen molar-refractivity contribution in [1.29, 1.82) is 5.26 Å². The lowest BCUT2D eigenvalue weighted by atomic mass is 9.94. The maximum Gasteiger partial charge on any atom is 0.249 e. The van der Waals surface area contributed by atoms with Crippen molar-refractivity contribution in [3.8, 4) is 17.5 Å². The molecule has 1 atom stereocenters. The Morgan fingerprint density at radius 2 is 1.89 bits per heavy atom. The van der Waals surface area contributed by atoms with Crippen molar-refractivity contribution in [2.24, 2.45) is 5.92 Å². The molecule has 1 amide bonds. The first-order valence-electron chi connectivity index (χ1n) is 10.4. The second-order valence-corrected chi connectivity index (χ2v) is 7.88. The van der Waals surface area contributed by atoms with Crippen LogP contribution < -0.4 is 0 Å². The van der Waals surface area contributed by atoms with E-state index in [2.05, 4.69) is 16.2 Å². The number of nitriles is 1. The molecule has 1 aliphatic heterocycles. The molecule has 1 aromatic heterocycles. The van der Waals surface area contributed by atoms with Crippen molar-refractivity contribution in [3.63, 3.8) is 0 Å². The number of hydrogen-bond acceptors (Lipinski definition) is 5. The Morgan fingerprint density at radius 1 is 1.11 bits per heavy atom. The third-order valence-electron chi connectivity index (χ3n) is 5.97. The van der Waals surface area contributed by atoms with Gasteiger partial charge in [0.1, 0.15) is 6.04 Å². The summed E-state index contributed by atoms with van der Waals surface area (Å²) in [6.45, 7) is 0.766. The Morgan fingerprint density at radius 3 is 2.68 bits per heavy atom. The van der Waals surface area contributed by atoms with E-state index in [0.717, 1.165) is 57.1 Å². The van der Waals surface area contributed by atoms with Gasteiger partial charge in [-0.3, -0.25) is 4.79 Å². The van der Waals surface area contributed by atoms with E-state index in [9.17, 15) is 4.79 Å². The summed E-state index contributed by atoms with van der Waals surface area (Å²) in [5, 5.41) is 13.2. The van der Waals surface area contributed by atoms with Gasteiger partial charge >= 0.3 is 0 Å². The largest absolute Gasteiger partial charge is 0.337 e. The summed E-state index contributed by atoms with van der Waals surface area (Å²) in [5.74, 6) is 1.38. The van der Waals surface area contributed by atoms with Crippen LogP contribution in [0.1, 0.15) is 75.3 Å². The predicted molar refractivity (Wildman–Crippen MR) is 104 cm³/mol. The Kier molecular flexibility index (Phi) is 5.70. The molecule has 0 bridgehead atoms. The number of aromatic nitrogens is 2. The van der Waals surface area contributed by atoms with E-state index in [1.54, 1.807) is 12.1 Å². The van der Waals surface area contributed by atoms with Gasteiger partial charge in [0.2, 0.25) is 17.6 Å². The summed E-state index contributed by atoms with van der Waals surface area (Å²) in [6.07, 6.45) is 9.71. The molecule has 1 aliphatic carbocycles. The first kappa shape index (κ1) is 18.7. The monoisotopic (exact) mass is 378 g/mol. The summed E-state index contributed by atoms with van der Waals surface area (Å²) in [6, 6.07) is 9.18. The number of hydrogen-bond donors (Lipinski definition) is 0. The Hall–Kier alpha value is -2.68. The maximum atomic E-state index is 13.2. The number of likely N-dealkylation sites (tertiary alicyclic amines) is 1. The van der Waals surface area contributed by atoms with Gasteiger partial charge in [-0.15, -0.1) is 0 Å². The van der Waals surface area contributed by atoms with Gasteiger partial charge in [-0.2, -0.15) is 10.2 Å². The number of nitrogens with zero attached hydrogens (tertiary/aromatic N) is 4. The van der Waals surface area contributed by atoms with Gasteiger partial charge in [0.15, 0.2) is 0 Å². The molecule has 146 valence electrons. The van der Waals surface area contributed by atoms with Gasteiger partial charge in [0.05, 0.1) is 11.6 Å². The fourth-order valence-electron chi connectivity index (χ4n) is 4.43. The van der Waals surface area contributed by atoms with Gasteiger partial charge in [-0.05, 0) is 44.2 Å². The van der Waals surface area contributed by atoms with Crippen molar-refractivity contribution >= 4 is 5.91 Å². The maximum absolute atomic E-state index is 13.2. The predicted octanol–water partition coefficient (Wildman–Crippen LogP) is 4.63. The highest BCUT2D eigenvalue weighted by atomic mass is 16.5. The molecule has 2 aliphatic rings. The smallest absolute Gasteiger partial charge is 0.249 e. The molecular weight excluding hydrogens is 352 g/mol. The lowest BCUT2D eigenvalue weighted by Crippen LogP contribution is -2.42. The standard InChI is InChI=1S/C22H26N4O2/c23-15-16-8-7-11-18(14-16)20-24-21(28-25-20)19-12-5-6-13-26(19)22(27)17-9-3-1-2-4-10-17/h7-8,11,14,17,19H,1-6,9-10,12-13H2. The van der Waals surface area contributed by atoms with Crippen molar-refractivity contribution < 1.29 is 9.32 Å². The van der Waals surface area contributed by atoms with Gasteiger partial charge < -0.3 is 9.42 Å². The molecule has 6 heteroatoms. The molecule has 0 radical (unpaired) electrons. The number of carbonyl (C=O) groups excluding carboxylic acids is 1. The van der Waals surface area contributed by atoms with Crippen LogP contribution in [0.3, 0.4) is 0 Å². The van der Waals surface area contributed by atoms with Crippen molar-refractivity contribution in [1.82, 2.24) is 15.0 Å². The summed E-state index contributed by atoms with van der Waals surface area (Å²) in [4.78, 5) is 19.8. The summed E-state index contributed by atoms with van der Waals surface area (Å²) in [5.41, 5.74) is 1.32. The van der Waals surface area contributed by atoms with E-state index in [1.807, 2.05) is 17.0 Å². The van der Waals surface area contributed by atoms with Crippen molar-refractivity contribution in [3.05, 3.63) is 35.7 Å². The molecule has 2 aromatic rings. The molecular formula is C22H26N4O2. The molecule has 0 N–H and O–H groups in total. The highest BCUT2D eigenvalue weighted by Crippen LogP contribution is 2.34. The molecule has 0 spiro atoms. The first-order valence-corrected chi connectivity index (χ1v) is 10.4. The van der Waals surface area contributed by atoms with E-state index >= 15 is 0 Å². The van der Waals surface area contributed by atoms with E-state index in [0.29, 0.717) is 17.3 Å². The van der Waals surface area contributed by atoms with Crippen molar-refractivity contribution in [2.75, 3.05) is 6.54 Å². The third kappa shape index (κ3) is 3.94. The highest BCUT2D eigenvalue weighted by Gasteiger charge is 2.35. The van der Waals surface area contributed by atoms with E-state index in [1.165, 1.54) is 12.8 Å². The zero-order valence-corrected chi connectivity index (χ0v) is 16.1. The van der Waals surface area contributed by atoms with Crippen LogP contribution in [-0.4, -0.2) is 27.5 Å². The fourth-order valence-corrected chi connectivity index (χ4v) is 4.43. The molecule has 1 saturated heterocycles. The van der Waals surface area contributed by atoms with Crippen LogP contribution in [0.4, 0.5) is 0 Å². The average molecular weight is 378 g/mol. The third-order valence-corrected chi connectivity index (χ3v) is 5.97. The zero-order valence-electron chi connectivity index (χ0n) is 16.1. The molecule has 2 fully saturated rings. The normalized spacial score (nSPS) is 21.1. The van der Waals surface area contributed by atoms with E-state index in [-0.39, 0.29) is 17.9 Å². The first-order chi connectivity index (χ1) is 13.8. The average Bonchev–Trinajstić information content (AvgIpc) is 3.08. The summed E-state index contributed by atoms with van der Waals surface area (Å²) in [7, 11) is 0. The van der Waals surface area contributed by atoms with Crippen LogP contribution in [0.25, 0.3) is 11.4 Å². The lowest BCUT2D eigenvalue weighted by Gasteiger charge is -2.35. The van der Waals surface area contributed by atoms with Crippen LogP contribution in [0.5, 0.6) is 0 Å². The second-order valence-electron chi connectivity index (χ2n) is 7.88. The van der Waals surface area contributed by atoms with Crippen LogP contribution in [0, 0.1) is 17.2 Å². The highest BCUT2D eigenvalue weighted by molar-refractivity contribution is 5.79. The van der Waals surface area contributed by atoms with E-state index < -0.39 is 0 Å². The van der Waals surface area contributed by atoms with Crippen LogP contribution in [0.2, 0.25) is 0 Å². The molecule has 6 nitrogen and oxygen atoms in total. The van der Waals surface area contributed by atoms with E-state index in [4.69, 9.17) is 9.78 Å². The zero-order chi connectivity index (χ0) is 19.3. The second kappa shape index (κ2) is 8.55. The Balaban J connectivity index is 1.55. The minimum atomic E-state index is -0.134.